The number of likely N-dealkylation sites (N-methyl/N-ethyl adjacent to an activating group) is 1. The molecule has 1 amide bonds. The van der Waals surface area contributed by atoms with Gasteiger partial charge in [0.1, 0.15) is 6.61 Å². The quantitative estimate of drug-likeness (QED) is 0.811. The van der Waals surface area contributed by atoms with Gasteiger partial charge in [-0.1, -0.05) is 6.07 Å². The lowest BCUT2D eigenvalue weighted by Gasteiger charge is -2.25. The lowest BCUT2D eigenvalue weighted by atomic mass is 10.1. The van der Waals surface area contributed by atoms with Crippen LogP contribution in [0.5, 0.6) is 0 Å². The van der Waals surface area contributed by atoms with Gasteiger partial charge >= 0.3 is 0 Å². The molecule has 18 heavy (non-hydrogen) atoms. The van der Waals surface area contributed by atoms with Gasteiger partial charge in [0.05, 0.1) is 6.04 Å². The van der Waals surface area contributed by atoms with E-state index in [0.29, 0.717) is 12.2 Å². The van der Waals surface area contributed by atoms with Crippen LogP contribution in [0.4, 0.5) is 8.78 Å². The van der Waals surface area contributed by atoms with Crippen molar-refractivity contribution in [2.24, 2.45) is 0 Å². The average Bonchev–Trinajstić information content (AvgIpc) is 2.37. The summed E-state index contributed by atoms with van der Waals surface area (Å²) in [6.45, 7) is 3.99. The van der Waals surface area contributed by atoms with E-state index in [0.717, 1.165) is 12.1 Å². The van der Waals surface area contributed by atoms with E-state index in [9.17, 15) is 13.6 Å². The van der Waals surface area contributed by atoms with Gasteiger partial charge in [0, 0.05) is 13.7 Å². The van der Waals surface area contributed by atoms with Gasteiger partial charge in [-0.25, -0.2) is 8.78 Å². The Hall–Kier alpha value is -1.49. The van der Waals surface area contributed by atoms with E-state index in [4.69, 9.17) is 4.74 Å². The molecule has 0 heterocycles. The SMILES string of the molecule is CCOCC(=O)N(C)C(C)c1ccc(F)c(F)c1. The summed E-state index contributed by atoms with van der Waals surface area (Å²) in [7, 11) is 1.60. The summed E-state index contributed by atoms with van der Waals surface area (Å²) in [6.07, 6.45) is 0. The summed E-state index contributed by atoms with van der Waals surface area (Å²) in [5.41, 5.74) is 0.543. The largest absolute Gasteiger partial charge is 0.372 e. The summed E-state index contributed by atoms with van der Waals surface area (Å²) in [4.78, 5) is 13.1. The highest BCUT2D eigenvalue weighted by molar-refractivity contribution is 5.77. The number of carbonyl (C=O) groups is 1. The molecular weight excluding hydrogens is 240 g/mol. The maximum absolute atomic E-state index is 13.1. The van der Waals surface area contributed by atoms with Crippen molar-refractivity contribution in [1.82, 2.24) is 4.90 Å². The van der Waals surface area contributed by atoms with Crippen LogP contribution in [0.1, 0.15) is 25.5 Å². The first-order chi connectivity index (χ1) is 8.47. The molecule has 3 nitrogen and oxygen atoms in total. The third kappa shape index (κ3) is 3.50. The Kier molecular flexibility index (Phi) is 5.22. The van der Waals surface area contributed by atoms with Crippen LogP contribution >= 0.6 is 0 Å². The van der Waals surface area contributed by atoms with Crippen LogP contribution in [-0.4, -0.2) is 31.1 Å². The Balaban J connectivity index is 2.76. The van der Waals surface area contributed by atoms with Crippen molar-refractivity contribution in [3.05, 3.63) is 35.4 Å². The van der Waals surface area contributed by atoms with E-state index in [-0.39, 0.29) is 18.6 Å². The number of hydrogen-bond donors (Lipinski definition) is 0. The Morgan fingerprint density at radius 3 is 2.61 bits per heavy atom. The fourth-order valence-electron chi connectivity index (χ4n) is 1.50. The first kappa shape index (κ1) is 14.6. The number of hydrogen-bond acceptors (Lipinski definition) is 2. The van der Waals surface area contributed by atoms with E-state index in [1.165, 1.54) is 11.0 Å². The highest BCUT2D eigenvalue weighted by Gasteiger charge is 2.18. The molecule has 0 radical (unpaired) electrons. The molecule has 1 unspecified atom stereocenters. The number of halogens is 2. The number of nitrogens with zero attached hydrogens (tertiary/aromatic N) is 1. The molecule has 100 valence electrons. The third-order valence-electron chi connectivity index (χ3n) is 2.83. The van der Waals surface area contributed by atoms with Gasteiger partial charge in [0.25, 0.3) is 0 Å². The van der Waals surface area contributed by atoms with E-state index >= 15 is 0 Å². The van der Waals surface area contributed by atoms with Crippen LogP contribution in [0.15, 0.2) is 18.2 Å². The summed E-state index contributed by atoms with van der Waals surface area (Å²) in [5.74, 6) is -2.01. The molecule has 0 saturated heterocycles. The summed E-state index contributed by atoms with van der Waals surface area (Å²) in [6, 6.07) is 3.29. The minimum Gasteiger partial charge on any atom is -0.372 e. The van der Waals surface area contributed by atoms with Gasteiger partial charge in [-0.2, -0.15) is 0 Å². The van der Waals surface area contributed by atoms with Crippen molar-refractivity contribution in [3.8, 4) is 0 Å². The summed E-state index contributed by atoms with van der Waals surface area (Å²) < 4.78 is 30.9. The van der Waals surface area contributed by atoms with Crippen LogP contribution in [0.25, 0.3) is 0 Å². The van der Waals surface area contributed by atoms with Crippen LogP contribution in [-0.2, 0) is 9.53 Å². The summed E-state index contributed by atoms with van der Waals surface area (Å²) in [5, 5.41) is 0. The molecule has 0 bridgehead atoms. The maximum atomic E-state index is 13.1. The highest BCUT2D eigenvalue weighted by atomic mass is 19.2. The van der Waals surface area contributed by atoms with Gasteiger partial charge < -0.3 is 9.64 Å². The Morgan fingerprint density at radius 2 is 2.06 bits per heavy atom. The van der Waals surface area contributed by atoms with Crippen molar-refractivity contribution in [1.29, 1.82) is 0 Å². The first-order valence-electron chi connectivity index (χ1n) is 5.75. The Bertz CT molecular complexity index is 423. The molecule has 1 aromatic rings. The molecule has 1 atom stereocenters. The van der Waals surface area contributed by atoms with E-state index in [1.54, 1.807) is 20.9 Å². The minimum absolute atomic E-state index is 0.0129. The number of ether oxygens (including phenoxy) is 1. The lowest BCUT2D eigenvalue weighted by molar-refractivity contribution is -0.136. The minimum atomic E-state index is -0.912. The predicted molar refractivity (Wildman–Crippen MR) is 64.0 cm³/mol. The van der Waals surface area contributed by atoms with Crippen LogP contribution in [0, 0.1) is 11.6 Å². The van der Waals surface area contributed by atoms with E-state index in [2.05, 4.69) is 0 Å². The highest BCUT2D eigenvalue weighted by Crippen LogP contribution is 2.20. The first-order valence-corrected chi connectivity index (χ1v) is 5.75. The number of carbonyl (C=O) groups excluding carboxylic acids is 1. The maximum Gasteiger partial charge on any atom is 0.248 e. The van der Waals surface area contributed by atoms with Crippen LogP contribution in [0.2, 0.25) is 0 Å². The second kappa shape index (κ2) is 6.44. The Morgan fingerprint density at radius 1 is 1.39 bits per heavy atom. The molecule has 0 aliphatic heterocycles. The molecule has 1 aromatic carbocycles. The van der Waals surface area contributed by atoms with Crippen molar-refractivity contribution in [2.45, 2.75) is 19.9 Å². The molecule has 0 aliphatic carbocycles. The van der Waals surface area contributed by atoms with Crippen molar-refractivity contribution >= 4 is 5.91 Å². The number of rotatable bonds is 5. The molecule has 0 saturated carbocycles. The molecule has 0 N–H and O–H groups in total. The van der Waals surface area contributed by atoms with Gasteiger partial charge in [-0.05, 0) is 31.5 Å². The molecule has 0 aliphatic rings. The zero-order valence-corrected chi connectivity index (χ0v) is 10.7. The smallest absolute Gasteiger partial charge is 0.248 e. The van der Waals surface area contributed by atoms with Gasteiger partial charge in [-0.15, -0.1) is 0 Å². The fraction of sp³-hybridized carbons (Fsp3) is 0.462. The van der Waals surface area contributed by atoms with Crippen molar-refractivity contribution in [3.63, 3.8) is 0 Å². The molecule has 0 fully saturated rings. The van der Waals surface area contributed by atoms with Crippen molar-refractivity contribution in [2.75, 3.05) is 20.3 Å². The molecule has 0 aromatic heterocycles. The lowest BCUT2D eigenvalue weighted by Crippen LogP contribution is -2.32. The normalized spacial score (nSPS) is 12.3. The zero-order valence-electron chi connectivity index (χ0n) is 10.7. The molecule has 5 heteroatoms. The predicted octanol–water partition coefficient (Wildman–Crippen LogP) is 2.52. The number of amides is 1. The topological polar surface area (TPSA) is 29.5 Å². The van der Waals surface area contributed by atoms with Crippen molar-refractivity contribution < 1.29 is 18.3 Å². The standard InChI is InChI=1S/C13H17F2NO2/c1-4-18-8-13(17)16(3)9(2)10-5-6-11(14)12(15)7-10/h5-7,9H,4,8H2,1-3H3. The van der Waals surface area contributed by atoms with Gasteiger partial charge in [0.15, 0.2) is 11.6 Å². The van der Waals surface area contributed by atoms with Gasteiger partial charge in [-0.3, -0.25) is 4.79 Å². The molecule has 0 spiro atoms. The summed E-state index contributed by atoms with van der Waals surface area (Å²) >= 11 is 0. The van der Waals surface area contributed by atoms with Crippen LogP contribution in [0.3, 0.4) is 0 Å². The molecular formula is C13H17F2NO2. The third-order valence-corrected chi connectivity index (χ3v) is 2.83. The Labute approximate surface area is 105 Å². The van der Waals surface area contributed by atoms with E-state index in [1.807, 2.05) is 0 Å². The monoisotopic (exact) mass is 257 g/mol. The zero-order chi connectivity index (χ0) is 13.7. The van der Waals surface area contributed by atoms with E-state index < -0.39 is 11.6 Å². The second-order valence-electron chi connectivity index (χ2n) is 3.99. The molecule has 1 rings (SSSR count). The second-order valence-corrected chi connectivity index (χ2v) is 3.99. The average molecular weight is 257 g/mol. The van der Waals surface area contributed by atoms with Gasteiger partial charge in [0.2, 0.25) is 5.91 Å². The number of benzene rings is 1. The fourth-order valence-corrected chi connectivity index (χ4v) is 1.50. The van der Waals surface area contributed by atoms with Crippen LogP contribution < -0.4 is 0 Å².